The molecule has 0 aliphatic rings. The van der Waals surface area contributed by atoms with Crippen LogP contribution in [0, 0.1) is 12.7 Å². The number of carbonyl (C=O) groups excluding carboxylic acids is 1. The maximum atomic E-state index is 13.0. The van der Waals surface area contributed by atoms with Gasteiger partial charge in [0.2, 0.25) is 0 Å². The first kappa shape index (κ1) is 9.00. The molecule has 0 unspecified atom stereocenters. The van der Waals surface area contributed by atoms with Crippen molar-refractivity contribution in [2.45, 2.75) is 6.92 Å². The number of carbonyl (C=O) groups is 1. The van der Waals surface area contributed by atoms with Gasteiger partial charge < -0.3 is 5.73 Å². The second-order valence-corrected chi connectivity index (χ2v) is 2.88. The van der Waals surface area contributed by atoms with Gasteiger partial charge in [-0.25, -0.2) is 4.39 Å². The molecule has 64 valence electrons. The van der Waals surface area contributed by atoms with Crippen molar-refractivity contribution in [3.05, 3.63) is 34.1 Å². The van der Waals surface area contributed by atoms with Crippen molar-refractivity contribution in [2.75, 3.05) is 0 Å². The van der Waals surface area contributed by atoms with Crippen molar-refractivity contribution in [3.8, 4) is 0 Å². The summed E-state index contributed by atoms with van der Waals surface area (Å²) in [7, 11) is 0. The van der Waals surface area contributed by atoms with E-state index in [0.29, 0.717) is 5.56 Å². The van der Waals surface area contributed by atoms with Gasteiger partial charge in [0.15, 0.2) is 5.82 Å². The van der Waals surface area contributed by atoms with E-state index in [9.17, 15) is 9.18 Å². The zero-order valence-corrected chi connectivity index (χ0v) is 7.15. The Kier molecular flexibility index (Phi) is 2.33. The van der Waals surface area contributed by atoms with Gasteiger partial charge in [0.25, 0.3) is 5.91 Å². The summed E-state index contributed by atoms with van der Waals surface area (Å²) in [5.74, 6) is -1.56. The highest BCUT2D eigenvalue weighted by Crippen LogP contribution is 2.19. The summed E-state index contributed by atoms with van der Waals surface area (Å²) in [6.07, 6.45) is 0. The van der Waals surface area contributed by atoms with E-state index in [1.807, 2.05) is 0 Å². The number of hydrogen-bond donors (Lipinski definition) is 1. The molecule has 0 bridgehead atoms. The summed E-state index contributed by atoms with van der Waals surface area (Å²) in [5.41, 5.74) is 5.45. The zero-order valence-electron chi connectivity index (χ0n) is 6.40. The van der Waals surface area contributed by atoms with Gasteiger partial charge in [0, 0.05) is 0 Å². The average Bonchev–Trinajstić information content (AvgIpc) is 1.96. The fourth-order valence-electron chi connectivity index (χ4n) is 0.904. The van der Waals surface area contributed by atoms with E-state index < -0.39 is 11.7 Å². The molecule has 0 fully saturated rings. The minimum absolute atomic E-state index is 0.0798. The number of halogens is 2. The highest BCUT2D eigenvalue weighted by Gasteiger charge is 2.11. The van der Waals surface area contributed by atoms with Crippen LogP contribution in [0.25, 0.3) is 0 Å². The van der Waals surface area contributed by atoms with Crippen LogP contribution in [0.4, 0.5) is 4.39 Å². The van der Waals surface area contributed by atoms with Gasteiger partial charge in [-0.3, -0.25) is 4.79 Å². The lowest BCUT2D eigenvalue weighted by molar-refractivity contribution is 0.0996. The molecule has 0 radical (unpaired) electrons. The van der Waals surface area contributed by atoms with Gasteiger partial charge in [0.05, 0.1) is 10.6 Å². The predicted molar refractivity (Wildman–Crippen MR) is 44.7 cm³/mol. The molecule has 0 atom stereocenters. The van der Waals surface area contributed by atoms with Crippen molar-refractivity contribution in [2.24, 2.45) is 5.73 Å². The summed E-state index contributed by atoms with van der Waals surface area (Å²) in [4.78, 5) is 10.6. The van der Waals surface area contributed by atoms with Crippen molar-refractivity contribution in [1.82, 2.24) is 0 Å². The van der Waals surface area contributed by atoms with Gasteiger partial charge in [0.1, 0.15) is 0 Å². The lowest BCUT2D eigenvalue weighted by Gasteiger charge is -2.01. The second kappa shape index (κ2) is 3.11. The van der Waals surface area contributed by atoms with Gasteiger partial charge in [-0.15, -0.1) is 0 Å². The van der Waals surface area contributed by atoms with Crippen LogP contribution in [0.5, 0.6) is 0 Å². The van der Waals surface area contributed by atoms with Crippen molar-refractivity contribution >= 4 is 17.5 Å². The molecule has 0 heterocycles. The third kappa shape index (κ3) is 1.56. The normalized spacial score (nSPS) is 9.92. The zero-order chi connectivity index (χ0) is 9.30. The highest BCUT2D eigenvalue weighted by molar-refractivity contribution is 6.31. The molecule has 1 amide bonds. The van der Waals surface area contributed by atoms with Crippen LogP contribution in [0.2, 0.25) is 5.02 Å². The van der Waals surface area contributed by atoms with E-state index >= 15 is 0 Å². The first-order valence-corrected chi connectivity index (χ1v) is 3.65. The summed E-state index contributed by atoms with van der Waals surface area (Å²) in [5, 5.41) is -0.0798. The van der Waals surface area contributed by atoms with E-state index in [-0.39, 0.29) is 10.6 Å². The largest absolute Gasteiger partial charge is 0.366 e. The monoisotopic (exact) mass is 187 g/mol. The van der Waals surface area contributed by atoms with Crippen LogP contribution in [0.15, 0.2) is 12.1 Å². The third-order valence-corrected chi connectivity index (χ3v) is 1.71. The molecule has 0 aliphatic heterocycles. The topological polar surface area (TPSA) is 43.1 Å². The van der Waals surface area contributed by atoms with E-state index in [2.05, 4.69) is 0 Å². The number of rotatable bonds is 1. The van der Waals surface area contributed by atoms with Gasteiger partial charge in [-0.2, -0.15) is 0 Å². The Morgan fingerprint density at radius 3 is 2.67 bits per heavy atom. The Bertz CT molecular complexity index is 338. The Balaban J connectivity index is 3.37. The summed E-state index contributed by atoms with van der Waals surface area (Å²) < 4.78 is 13.0. The standard InChI is InChI=1S/C8H7ClFNO/c1-4-2-5(8(11)12)7(10)6(9)3-4/h2-3H,1H3,(H2,11,12). The molecule has 0 spiro atoms. The maximum Gasteiger partial charge on any atom is 0.251 e. The first-order chi connectivity index (χ1) is 5.52. The molecule has 0 aliphatic carbocycles. The fourth-order valence-corrected chi connectivity index (χ4v) is 1.18. The summed E-state index contributed by atoms with van der Waals surface area (Å²) in [6.45, 7) is 1.71. The molecule has 0 saturated carbocycles. The molecule has 4 heteroatoms. The van der Waals surface area contributed by atoms with Crippen molar-refractivity contribution in [1.29, 1.82) is 0 Å². The smallest absolute Gasteiger partial charge is 0.251 e. The molecular weight excluding hydrogens is 181 g/mol. The molecule has 2 N–H and O–H groups in total. The quantitative estimate of drug-likeness (QED) is 0.717. The Hall–Kier alpha value is -1.09. The number of nitrogens with two attached hydrogens (primary N) is 1. The molecule has 2 nitrogen and oxygen atoms in total. The average molecular weight is 188 g/mol. The lowest BCUT2D eigenvalue weighted by Crippen LogP contribution is -2.13. The maximum absolute atomic E-state index is 13.0. The summed E-state index contributed by atoms with van der Waals surface area (Å²) in [6, 6.07) is 2.80. The Morgan fingerprint density at radius 2 is 2.17 bits per heavy atom. The molecule has 1 rings (SSSR count). The Labute approximate surface area is 74.1 Å². The van der Waals surface area contributed by atoms with Gasteiger partial charge >= 0.3 is 0 Å². The number of benzene rings is 1. The van der Waals surface area contributed by atoms with Crippen LogP contribution < -0.4 is 5.73 Å². The predicted octanol–water partition coefficient (Wildman–Crippen LogP) is 1.89. The minimum atomic E-state index is -0.807. The molecule has 1 aromatic rings. The number of amides is 1. The molecule has 0 aromatic heterocycles. The van der Waals surface area contributed by atoms with Crippen LogP contribution in [0.3, 0.4) is 0 Å². The molecule has 12 heavy (non-hydrogen) atoms. The summed E-state index contributed by atoms with van der Waals surface area (Å²) >= 11 is 5.48. The van der Waals surface area contributed by atoms with Crippen molar-refractivity contribution in [3.63, 3.8) is 0 Å². The van der Waals surface area contributed by atoms with E-state index in [1.54, 1.807) is 6.92 Å². The Morgan fingerprint density at radius 1 is 1.58 bits per heavy atom. The molecule has 0 saturated heterocycles. The fraction of sp³-hybridized carbons (Fsp3) is 0.125. The second-order valence-electron chi connectivity index (χ2n) is 2.47. The van der Waals surface area contributed by atoms with Crippen molar-refractivity contribution < 1.29 is 9.18 Å². The van der Waals surface area contributed by atoms with Crippen LogP contribution >= 0.6 is 11.6 Å². The number of hydrogen-bond acceptors (Lipinski definition) is 1. The first-order valence-electron chi connectivity index (χ1n) is 3.28. The van der Waals surface area contributed by atoms with Crippen LogP contribution in [0.1, 0.15) is 15.9 Å². The van der Waals surface area contributed by atoms with Crippen LogP contribution in [-0.2, 0) is 0 Å². The number of primary amides is 1. The molecular formula is C8H7ClFNO. The van der Waals surface area contributed by atoms with Gasteiger partial charge in [-0.05, 0) is 24.6 Å². The number of aryl methyl sites for hydroxylation is 1. The van der Waals surface area contributed by atoms with Crippen LogP contribution in [-0.4, -0.2) is 5.91 Å². The minimum Gasteiger partial charge on any atom is -0.366 e. The van der Waals surface area contributed by atoms with Gasteiger partial charge in [-0.1, -0.05) is 11.6 Å². The highest BCUT2D eigenvalue weighted by atomic mass is 35.5. The van der Waals surface area contributed by atoms with E-state index in [1.165, 1.54) is 12.1 Å². The lowest BCUT2D eigenvalue weighted by atomic mass is 10.1. The molecule has 1 aromatic carbocycles. The third-order valence-electron chi connectivity index (χ3n) is 1.44. The SMILES string of the molecule is Cc1cc(Cl)c(F)c(C(N)=O)c1. The van der Waals surface area contributed by atoms with E-state index in [4.69, 9.17) is 17.3 Å². The van der Waals surface area contributed by atoms with E-state index in [0.717, 1.165) is 0 Å².